The Labute approximate surface area is 131 Å². The first kappa shape index (κ1) is 14.3. The Bertz CT molecular complexity index is 789. The molecule has 0 aliphatic heterocycles. The number of benzene rings is 1. The standard InChI is InChI=1S/C15H12N4O2S/c1-22-12-6-2-4-10(8-12)13(20)17-15-19-18-14(21-15)11-5-3-7-16-9-11/h2-9H,1H3,(H,17,19,20). The van der Waals surface area contributed by atoms with Gasteiger partial charge in [0.05, 0.1) is 5.56 Å². The van der Waals surface area contributed by atoms with Gasteiger partial charge in [-0.05, 0) is 36.6 Å². The van der Waals surface area contributed by atoms with Gasteiger partial charge in [-0.1, -0.05) is 11.2 Å². The molecular weight excluding hydrogens is 300 g/mol. The fourth-order valence-corrected chi connectivity index (χ4v) is 2.27. The van der Waals surface area contributed by atoms with E-state index in [9.17, 15) is 4.79 Å². The van der Waals surface area contributed by atoms with Crippen LogP contribution >= 0.6 is 11.8 Å². The molecular formula is C15H12N4O2S. The Hall–Kier alpha value is -2.67. The van der Waals surface area contributed by atoms with Crippen LogP contribution in [0.1, 0.15) is 10.4 Å². The number of nitrogens with one attached hydrogen (secondary N) is 1. The lowest BCUT2D eigenvalue weighted by Crippen LogP contribution is -2.12. The molecule has 0 saturated heterocycles. The normalized spacial score (nSPS) is 10.4. The number of carbonyl (C=O) groups is 1. The van der Waals surface area contributed by atoms with Crippen molar-refractivity contribution in [3.63, 3.8) is 0 Å². The highest BCUT2D eigenvalue weighted by Gasteiger charge is 2.13. The number of carbonyl (C=O) groups excluding carboxylic acids is 1. The Morgan fingerprint density at radius 3 is 2.91 bits per heavy atom. The number of amides is 1. The molecule has 22 heavy (non-hydrogen) atoms. The predicted molar refractivity (Wildman–Crippen MR) is 83.7 cm³/mol. The molecule has 1 aromatic carbocycles. The van der Waals surface area contributed by atoms with E-state index in [-0.39, 0.29) is 11.9 Å². The zero-order valence-corrected chi connectivity index (χ0v) is 12.5. The zero-order valence-electron chi connectivity index (χ0n) is 11.7. The molecule has 2 aromatic heterocycles. The molecule has 0 radical (unpaired) electrons. The van der Waals surface area contributed by atoms with Crippen LogP contribution in [-0.4, -0.2) is 27.3 Å². The molecule has 0 bridgehead atoms. The quantitative estimate of drug-likeness (QED) is 0.746. The minimum Gasteiger partial charge on any atom is -0.403 e. The second-order valence-corrected chi connectivity index (χ2v) is 5.22. The monoisotopic (exact) mass is 312 g/mol. The summed E-state index contributed by atoms with van der Waals surface area (Å²) in [6.07, 6.45) is 5.22. The summed E-state index contributed by atoms with van der Waals surface area (Å²) in [7, 11) is 0. The molecule has 3 rings (SSSR count). The molecule has 0 unspecified atom stereocenters. The molecule has 7 heteroatoms. The lowest BCUT2D eigenvalue weighted by atomic mass is 10.2. The van der Waals surface area contributed by atoms with Gasteiger partial charge in [0.15, 0.2) is 0 Å². The van der Waals surface area contributed by atoms with Crippen LogP contribution in [0.5, 0.6) is 0 Å². The third-order valence-electron chi connectivity index (χ3n) is 2.89. The molecule has 110 valence electrons. The SMILES string of the molecule is CSc1cccc(C(=O)Nc2nnc(-c3cccnc3)o2)c1. The molecule has 0 aliphatic carbocycles. The molecule has 2 heterocycles. The van der Waals surface area contributed by atoms with Gasteiger partial charge >= 0.3 is 6.01 Å². The maximum atomic E-state index is 12.2. The van der Waals surface area contributed by atoms with Crippen LogP contribution in [0.3, 0.4) is 0 Å². The number of pyridine rings is 1. The van der Waals surface area contributed by atoms with Crippen molar-refractivity contribution in [2.75, 3.05) is 11.6 Å². The molecule has 1 amide bonds. The highest BCUT2D eigenvalue weighted by atomic mass is 32.2. The largest absolute Gasteiger partial charge is 0.403 e. The number of anilines is 1. The van der Waals surface area contributed by atoms with Gasteiger partial charge in [-0.3, -0.25) is 15.1 Å². The van der Waals surface area contributed by atoms with Crippen molar-refractivity contribution >= 4 is 23.7 Å². The first-order valence-corrected chi connectivity index (χ1v) is 7.68. The van der Waals surface area contributed by atoms with Gasteiger partial charge in [0.1, 0.15) is 0 Å². The van der Waals surface area contributed by atoms with Gasteiger partial charge in [0.2, 0.25) is 0 Å². The van der Waals surface area contributed by atoms with Crippen LogP contribution in [0.4, 0.5) is 6.01 Å². The van der Waals surface area contributed by atoms with E-state index in [2.05, 4.69) is 20.5 Å². The van der Waals surface area contributed by atoms with E-state index >= 15 is 0 Å². The summed E-state index contributed by atoms with van der Waals surface area (Å²) >= 11 is 1.57. The maximum Gasteiger partial charge on any atom is 0.322 e. The van der Waals surface area contributed by atoms with Crippen LogP contribution in [-0.2, 0) is 0 Å². The number of hydrogen-bond acceptors (Lipinski definition) is 6. The molecule has 1 N–H and O–H groups in total. The average Bonchev–Trinajstić information content (AvgIpc) is 3.04. The van der Waals surface area contributed by atoms with E-state index in [1.54, 1.807) is 48.4 Å². The smallest absolute Gasteiger partial charge is 0.322 e. The molecule has 6 nitrogen and oxygen atoms in total. The van der Waals surface area contributed by atoms with Crippen LogP contribution in [0, 0.1) is 0 Å². The summed E-state index contributed by atoms with van der Waals surface area (Å²) in [5.41, 5.74) is 1.23. The Morgan fingerprint density at radius 1 is 1.23 bits per heavy atom. The zero-order chi connectivity index (χ0) is 15.4. The highest BCUT2D eigenvalue weighted by molar-refractivity contribution is 7.98. The molecule has 3 aromatic rings. The Balaban J connectivity index is 1.76. The first-order chi connectivity index (χ1) is 10.8. The van der Waals surface area contributed by atoms with Crippen LogP contribution in [0.2, 0.25) is 0 Å². The van der Waals surface area contributed by atoms with Crippen molar-refractivity contribution in [2.45, 2.75) is 4.90 Å². The minimum absolute atomic E-state index is 0.0541. The molecule has 0 saturated carbocycles. The van der Waals surface area contributed by atoms with Crippen molar-refractivity contribution in [1.29, 1.82) is 0 Å². The number of aromatic nitrogens is 3. The third-order valence-corrected chi connectivity index (χ3v) is 3.61. The van der Waals surface area contributed by atoms with Gasteiger partial charge in [0.25, 0.3) is 11.8 Å². The van der Waals surface area contributed by atoms with Gasteiger partial charge < -0.3 is 4.42 Å². The first-order valence-electron chi connectivity index (χ1n) is 6.45. The van der Waals surface area contributed by atoms with E-state index in [4.69, 9.17) is 4.42 Å². The van der Waals surface area contributed by atoms with Crippen molar-refractivity contribution in [1.82, 2.24) is 15.2 Å². The Morgan fingerprint density at radius 2 is 2.14 bits per heavy atom. The maximum absolute atomic E-state index is 12.2. The van der Waals surface area contributed by atoms with Gasteiger partial charge in [-0.25, -0.2) is 0 Å². The lowest BCUT2D eigenvalue weighted by Gasteiger charge is -2.02. The Kier molecular flexibility index (Phi) is 4.15. The van der Waals surface area contributed by atoms with Crippen molar-refractivity contribution in [3.05, 3.63) is 54.4 Å². The summed E-state index contributed by atoms with van der Waals surface area (Å²) < 4.78 is 5.42. The predicted octanol–water partition coefficient (Wildman–Crippen LogP) is 3.11. The van der Waals surface area contributed by atoms with Gasteiger partial charge in [-0.15, -0.1) is 16.9 Å². The number of hydrogen-bond donors (Lipinski definition) is 1. The van der Waals surface area contributed by atoms with E-state index < -0.39 is 0 Å². The summed E-state index contributed by atoms with van der Waals surface area (Å²) in [4.78, 5) is 17.2. The topological polar surface area (TPSA) is 80.9 Å². The minimum atomic E-state index is -0.294. The van der Waals surface area contributed by atoms with E-state index in [1.807, 2.05) is 18.4 Å². The summed E-state index contributed by atoms with van der Waals surface area (Å²) in [6, 6.07) is 10.9. The summed E-state index contributed by atoms with van der Waals surface area (Å²) in [6.45, 7) is 0. The van der Waals surface area contributed by atoms with Crippen LogP contribution < -0.4 is 5.32 Å². The average molecular weight is 312 g/mol. The van der Waals surface area contributed by atoms with E-state index in [1.165, 1.54) is 0 Å². The van der Waals surface area contributed by atoms with Crippen LogP contribution in [0.25, 0.3) is 11.5 Å². The third kappa shape index (κ3) is 3.15. The lowest BCUT2D eigenvalue weighted by molar-refractivity contribution is 0.102. The van der Waals surface area contributed by atoms with Crippen molar-refractivity contribution in [2.24, 2.45) is 0 Å². The number of nitrogens with zero attached hydrogens (tertiary/aromatic N) is 3. The second-order valence-electron chi connectivity index (χ2n) is 4.34. The van der Waals surface area contributed by atoms with Gasteiger partial charge in [-0.2, -0.15) is 0 Å². The van der Waals surface area contributed by atoms with E-state index in [0.29, 0.717) is 17.0 Å². The summed E-state index contributed by atoms with van der Waals surface area (Å²) in [5.74, 6) is 0.0125. The highest BCUT2D eigenvalue weighted by Crippen LogP contribution is 2.20. The van der Waals surface area contributed by atoms with Gasteiger partial charge in [0, 0.05) is 22.9 Å². The molecule has 0 spiro atoms. The van der Waals surface area contributed by atoms with Crippen LogP contribution in [0.15, 0.2) is 58.1 Å². The fraction of sp³-hybridized carbons (Fsp3) is 0.0667. The molecule has 0 fully saturated rings. The van der Waals surface area contributed by atoms with Crippen molar-refractivity contribution in [3.8, 4) is 11.5 Å². The number of rotatable bonds is 4. The van der Waals surface area contributed by atoms with Crippen molar-refractivity contribution < 1.29 is 9.21 Å². The summed E-state index contributed by atoms with van der Waals surface area (Å²) in [5, 5.41) is 10.3. The molecule has 0 aliphatic rings. The second kappa shape index (κ2) is 6.40. The van der Waals surface area contributed by atoms with E-state index in [0.717, 1.165) is 4.90 Å². The number of thioether (sulfide) groups is 1. The molecule has 0 atom stereocenters. The fourth-order valence-electron chi connectivity index (χ4n) is 1.81.